The highest BCUT2D eigenvalue weighted by atomic mass is 79.9. The van der Waals surface area contributed by atoms with E-state index in [1.165, 1.54) is 0 Å². The fourth-order valence-electron chi connectivity index (χ4n) is 2.52. The van der Waals surface area contributed by atoms with Crippen LogP contribution in [0.4, 0.5) is 5.69 Å². The molecular formula is C18H17BrN4O. The zero-order valence-corrected chi connectivity index (χ0v) is 15.0. The third-order valence-corrected chi connectivity index (χ3v) is 4.24. The van der Waals surface area contributed by atoms with Crippen molar-refractivity contribution in [3.63, 3.8) is 0 Å². The number of anilines is 1. The molecule has 0 radical (unpaired) electrons. The Morgan fingerprint density at radius 2 is 1.96 bits per heavy atom. The normalized spacial score (nSPS) is 10.6. The van der Waals surface area contributed by atoms with Crippen molar-refractivity contribution in [3.05, 3.63) is 70.0 Å². The first-order chi connectivity index (χ1) is 11.6. The largest absolute Gasteiger partial charge is 0.320 e. The Balaban J connectivity index is 1.92. The fourth-order valence-corrected chi connectivity index (χ4v) is 3.00. The van der Waals surface area contributed by atoms with E-state index in [0.29, 0.717) is 12.1 Å². The topological polar surface area (TPSA) is 59.8 Å². The summed E-state index contributed by atoms with van der Waals surface area (Å²) in [6, 6.07) is 15.4. The van der Waals surface area contributed by atoms with Crippen LogP contribution in [0.3, 0.4) is 0 Å². The van der Waals surface area contributed by atoms with Gasteiger partial charge < -0.3 is 5.32 Å². The quantitative estimate of drug-likeness (QED) is 0.734. The zero-order valence-electron chi connectivity index (χ0n) is 13.5. The lowest BCUT2D eigenvalue weighted by molar-refractivity contribution is 0.102. The van der Waals surface area contributed by atoms with Crippen molar-refractivity contribution in [3.8, 4) is 5.69 Å². The van der Waals surface area contributed by atoms with Crippen LogP contribution in [0.5, 0.6) is 0 Å². The molecule has 6 heteroatoms. The van der Waals surface area contributed by atoms with Crippen molar-refractivity contribution in [1.29, 1.82) is 0 Å². The van der Waals surface area contributed by atoms with E-state index in [-0.39, 0.29) is 5.91 Å². The summed E-state index contributed by atoms with van der Waals surface area (Å²) in [5, 5.41) is 11.2. The molecule has 1 aromatic heterocycles. The molecule has 3 rings (SSSR count). The molecule has 0 saturated heterocycles. The van der Waals surface area contributed by atoms with E-state index in [9.17, 15) is 4.79 Å². The second-order valence-corrected chi connectivity index (χ2v) is 6.31. The number of halogens is 1. The highest BCUT2D eigenvalue weighted by Gasteiger charge is 2.19. The number of carbonyl (C=O) groups excluding carboxylic acids is 1. The highest BCUT2D eigenvalue weighted by Crippen LogP contribution is 2.21. The fraction of sp³-hybridized carbons (Fsp3) is 0.167. The molecule has 0 aliphatic carbocycles. The van der Waals surface area contributed by atoms with E-state index in [0.717, 1.165) is 27.1 Å². The minimum Gasteiger partial charge on any atom is -0.320 e. The van der Waals surface area contributed by atoms with Gasteiger partial charge in [-0.05, 0) is 49.2 Å². The number of nitrogens with zero attached hydrogens (tertiary/aromatic N) is 3. The Bertz CT molecular complexity index is 874. The van der Waals surface area contributed by atoms with E-state index in [4.69, 9.17) is 0 Å². The third-order valence-electron chi connectivity index (χ3n) is 3.75. The summed E-state index contributed by atoms with van der Waals surface area (Å²) in [5.41, 5.74) is 3.77. The van der Waals surface area contributed by atoms with E-state index < -0.39 is 0 Å². The van der Waals surface area contributed by atoms with Gasteiger partial charge in [0.15, 0.2) is 5.69 Å². The average Bonchev–Trinajstić information content (AvgIpc) is 3.02. The van der Waals surface area contributed by atoms with Crippen LogP contribution in [0, 0.1) is 6.92 Å². The summed E-state index contributed by atoms with van der Waals surface area (Å²) >= 11 is 3.42. The average molecular weight is 385 g/mol. The van der Waals surface area contributed by atoms with E-state index in [1.54, 1.807) is 4.68 Å². The van der Waals surface area contributed by atoms with Crippen molar-refractivity contribution in [2.75, 3.05) is 5.32 Å². The lowest BCUT2D eigenvalue weighted by atomic mass is 10.2. The third kappa shape index (κ3) is 3.23. The van der Waals surface area contributed by atoms with Crippen molar-refractivity contribution < 1.29 is 4.79 Å². The van der Waals surface area contributed by atoms with Crippen molar-refractivity contribution in [2.45, 2.75) is 20.3 Å². The Labute approximate surface area is 148 Å². The number of carbonyl (C=O) groups is 1. The van der Waals surface area contributed by atoms with Crippen LogP contribution in [0.1, 0.15) is 28.7 Å². The molecule has 0 spiro atoms. The minimum absolute atomic E-state index is 0.251. The van der Waals surface area contributed by atoms with Gasteiger partial charge in [0.1, 0.15) is 0 Å². The van der Waals surface area contributed by atoms with E-state index in [2.05, 4.69) is 31.6 Å². The van der Waals surface area contributed by atoms with Gasteiger partial charge in [-0.2, -0.15) is 0 Å². The minimum atomic E-state index is -0.251. The molecule has 0 aliphatic rings. The van der Waals surface area contributed by atoms with Gasteiger partial charge in [0.2, 0.25) is 0 Å². The van der Waals surface area contributed by atoms with Gasteiger partial charge >= 0.3 is 0 Å². The number of hydrogen-bond acceptors (Lipinski definition) is 3. The van der Waals surface area contributed by atoms with Gasteiger partial charge in [0.05, 0.1) is 11.4 Å². The molecular weight excluding hydrogens is 368 g/mol. The predicted octanol–water partition coefficient (Wildman–Crippen LogP) is 4.15. The van der Waals surface area contributed by atoms with Crippen molar-refractivity contribution >= 4 is 27.5 Å². The highest BCUT2D eigenvalue weighted by molar-refractivity contribution is 9.10. The predicted molar refractivity (Wildman–Crippen MR) is 97.6 cm³/mol. The Hall–Kier alpha value is -2.47. The van der Waals surface area contributed by atoms with Crippen LogP contribution in [-0.4, -0.2) is 20.9 Å². The number of amides is 1. The maximum absolute atomic E-state index is 12.6. The first kappa shape index (κ1) is 16.4. The second-order valence-electron chi connectivity index (χ2n) is 5.40. The van der Waals surface area contributed by atoms with Gasteiger partial charge in [-0.15, -0.1) is 5.10 Å². The molecule has 0 aliphatic heterocycles. The first-order valence-electron chi connectivity index (χ1n) is 7.67. The zero-order chi connectivity index (χ0) is 17.1. The lowest BCUT2D eigenvalue weighted by Gasteiger charge is -2.09. The van der Waals surface area contributed by atoms with Crippen LogP contribution in [0.2, 0.25) is 0 Å². The molecule has 24 heavy (non-hydrogen) atoms. The summed E-state index contributed by atoms with van der Waals surface area (Å²) in [7, 11) is 0. The number of nitrogens with one attached hydrogen (secondary N) is 1. The summed E-state index contributed by atoms with van der Waals surface area (Å²) < 4.78 is 2.69. The Morgan fingerprint density at radius 3 is 2.62 bits per heavy atom. The Kier molecular flexibility index (Phi) is 4.76. The van der Waals surface area contributed by atoms with Gasteiger partial charge in [0, 0.05) is 10.2 Å². The maximum Gasteiger partial charge on any atom is 0.278 e. The van der Waals surface area contributed by atoms with Crippen molar-refractivity contribution in [1.82, 2.24) is 15.0 Å². The number of hydrogen-bond donors (Lipinski definition) is 1. The van der Waals surface area contributed by atoms with Gasteiger partial charge in [-0.3, -0.25) is 4.79 Å². The number of para-hydroxylation sites is 1. The second kappa shape index (κ2) is 6.97. The number of aryl methyl sites for hydroxylation is 1. The lowest BCUT2D eigenvalue weighted by Crippen LogP contribution is -2.16. The van der Waals surface area contributed by atoms with Gasteiger partial charge in [-0.1, -0.05) is 46.3 Å². The molecule has 2 aromatic carbocycles. The maximum atomic E-state index is 12.6. The number of benzene rings is 2. The van der Waals surface area contributed by atoms with Gasteiger partial charge in [-0.25, -0.2) is 4.68 Å². The first-order valence-corrected chi connectivity index (χ1v) is 8.47. The van der Waals surface area contributed by atoms with Crippen LogP contribution in [-0.2, 0) is 6.42 Å². The summed E-state index contributed by atoms with van der Waals surface area (Å²) in [6.07, 6.45) is 0.657. The van der Waals surface area contributed by atoms with Crippen LogP contribution >= 0.6 is 15.9 Å². The Morgan fingerprint density at radius 1 is 1.21 bits per heavy atom. The summed E-state index contributed by atoms with van der Waals surface area (Å²) in [5.74, 6) is -0.251. The molecule has 0 fully saturated rings. The number of aromatic nitrogens is 3. The molecule has 122 valence electrons. The monoisotopic (exact) mass is 384 g/mol. The van der Waals surface area contributed by atoms with Crippen LogP contribution in [0.25, 0.3) is 5.69 Å². The molecule has 0 atom stereocenters. The molecule has 1 amide bonds. The van der Waals surface area contributed by atoms with Gasteiger partial charge in [0.25, 0.3) is 5.91 Å². The van der Waals surface area contributed by atoms with E-state index in [1.807, 2.05) is 62.4 Å². The number of rotatable bonds is 4. The summed E-state index contributed by atoms with van der Waals surface area (Å²) in [6.45, 7) is 3.93. The molecule has 0 bridgehead atoms. The standard InChI is InChI=1S/C18H17BrN4O/c1-3-16-17(21-22-23(16)14-7-5-4-6-8-14)18(24)20-15-10-9-13(19)11-12(15)2/h4-11H,3H2,1-2H3,(H,20,24). The smallest absolute Gasteiger partial charge is 0.278 e. The van der Waals surface area contributed by atoms with E-state index >= 15 is 0 Å². The van der Waals surface area contributed by atoms with Crippen LogP contribution in [0.15, 0.2) is 53.0 Å². The molecule has 0 unspecified atom stereocenters. The molecule has 1 heterocycles. The molecule has 5 nitrogen and oxygen atoms in total. The molecule has 0 saturated carbocycles. The van der Waals surface area contributed by atoms with Crippen molar-refractivity contribution in [2.24, 2.45) is 0 Å². The summed E-state index contributed by atoms with van der Waals surface area (Å²) in [4.78, 5) is 12.6. The SMILES string of the molecule is CCc1c(C(=O)Nc2ccc(Br)cc2C)nnn1-c1ccccc1. The van der Waals surface area contributed by atoms with Crippen LogP contribution < -0.4 is 5.32 Å². The molecule has 3 aromatic rings. The molecule has 1 N–H and O–H groups in total.